The van der Waals surface area contributed by atoms with Gasteiger partial charge in [-0.25, -0.2) is 4.39 Å². The van der Waals surface area contributed by atoms with Crippen LogP contribution < -0.4 is 0 Å². The van der Waals surface area contributed by atoms with Crippen molar-refractivity contribution in [1.29, 1.82) is 0 Å². The summed E-state index contributed by atoms with van der Waals surface area (Å²) in [6, 6.07) is 4.60. The lowest BCUT2D eigenvalue weighted by molar-refractivity contribution is -0.113. The van der Waals surface area contributed by atoms with Crippen molar-refractivity contribution in [2.75, 3.05) is 0 Å². The van der Waals surface area contributed by atoms with E-state index in [0.29, 0.717) is 17.6 Å². The van der Waals surface area contributed by atoms with Crippen molar-refractivity contribution < 1.29 is 14.0 Å². The van der Waals surface area contributed by atoms with Gasteiger partial charge in [-0.1, -0.05) is 13.0 Å². The molecule has 3 rings (SSSR count). The number of aromatic nitrogens is 1. The van der Waals surface area contributed by atoms with Crippen molar-refractivity contribution in [3.63, 3.8) is 0 Å². The second-order valence-electron chi connectivity index (χ2n) is 7.37. The highest BCUT2D eigenvalue weighted by Gasteiger charge is 2.28. The minimum absolute atomic E-state index is 0.0330. The first-order chi connectivity index (χ1) is 12.8. The number of hydrogen-bond acceptors (Lipinski definition) is 2. The van der Waals surface area contributed by atoms with Crippen LogP contribution in [0.3, 0.4) is 0 Å². The molecule has 1 aromatic heterocycles. The summed E-state index contributed by atoms with van der Waals surface area (Å²) in [6.07, 6.45) is 3.58. The van der Waals surface area contributed by atoms with Crippen molar-refractivity contribution in [2.45, 2.75) is 59.8 Å². The van der Waals surface area contributed by atoms with E-state index in [1.807, 2.05) is 20.8 Å². The van der Waals surface area contributed by atoms with E-state index in [0.717, 1.165) is 59.3 Å². The van der Waals surface area contributed by atoms with Crippen LogP contribution in [0.25, 0.3) is 11.1 Å². The number of ketones is 2. The zero-order valence-electron chi connectivity index (χ0n) is 16.5. The molecule has 0 fully saturated rings. The summed E-state index contributed by atoms with van der Waals surface area (Å²) >= 11 is 0. The lowest BCUT2D eigenvalue weighted by Gasteiger charge is -2.21. The molecule has 0 radical (unpaired) electrons. The van der Waals surface area contributed by atoms with Crippen LogP contribution in [0, 0.1) is 19.7 Å². The number of rotatable bonds is 5. The third kappa shape index (κ3) is 3.53. The smallest absolute Gasteiger partial charge is 0.163 e. The maximum atomic E-state index is 14.0. The van der Waals surface area contributed by atoms with Gasteiger partial charge in [0.25, 0.3) is 0 Å². The number of fused-ring (bicyclic) bond motifs is 1. The van der Waals surface area contributed by atoms with Crippen LogP contribution in [0.15, 0.2) is 18.2 Å². The molecule has 0 atom stereocenters. The number of benzene rings is 1. The summed E-state index contributed by atoms with van der Waals surface area (Å²) in [5.74, 6) is -0.276. The van der Waals surface area contributed by atoms with Crippen LogP contribution >= 0.6 is 0 Å². The number of carbonyl (C=O) groups is 2. The van der Waals surface area contributed by atoms with Gasteiger partial charge in [0, 0.05) is 28.9 Å². The Hall–Kier alpha value is -2.49. The van der Waals surface area contributed by atoms with Crippen LogP contribution in [0.5, 0.6) is 0 Å². The third-order valence-electron chi connectivity index (χ3n) is 5.33. The maximum absolute atomic E-state index is 14.0. The van der Waals surface area contributed by atoms with Crippen molar-refractivity contribution >= 4 is 22.7 Å². The van der Waals surface area contributed by atoms with Crippen molar-refractivity contribution in [3.05, 3.63) is 57.7 Å². The Morgan fingerprint density at radius 3 is 2.59 bits per heavy atom. The Morgan fingerprint density at radius 1 is 1.19 bits per heavy atom. The van der Waals surface area contributed by atoms with Gasteiger partial charge in [-0.05, 0) is 80.9 Å². The molecular formula is C23H26FNO2. The lowest BCUT2D eigenvalue weighted by atomic mass is 9.82. The molecule has 0 aliphatic heterocycles. The first-order valence-corrected chi connectivity index (χ1v) is 9.60. The van der Waals surface area contributed by atoms with Gasteiger partial charge >= 0.3 is 0 Å². The number of carbonyl (C=O) groups excluding carboxylic acids is 2. The van der Waals surface area contributed by atoms with Gasteiger partial charge in [0.05, 0.1) is 0 Å². The van der Waals surface area contributed by atoms with Gasteiger partial charge in [-0.15, -0.1) is 0 Å². The number of halogens is 1. The first-order valence-electron chi connectivity index (χ1n) is 9.60. The van der Waals surface area contributed by atoms with E-state index in [1.54, 1.807) is 13.0 Å². The topological polar surface area (TPSA) is 49.9 Å². The largest absolute Gasteiger partial charge is 0.358 e. The van der Waals surface area contributed by atoms with E-state index in [4.69, 9.17) is 0 Å². The van der Waals surface area contributed by atoms with Gasteiger partial charge in [0.15, 0.2) is 11.6 Å². The molecule has 3 nitrogen and oxygen atoms in total. The van der Waals surface area contributed by atoms with Gasteiger partial charge in [-0.3, -0.25) is 9.59 Å². The fourth-order valence-corrected chi connectivity index (χ4v) is 4.17. The second kappa shape index (κ2) is 7.63. The SMILES string of the molecule is CCCC(=O)/C(=C1/CCCc2c1[nH]c(C)c2C(C)=O)c1cc(F)ccc1C. The quantitative estimate of drug-likeness (QED) is 0.553. The maximum Gasteiger partial charge on any atom is 0.163 e. The van der Waals surface area contributed by atoms with E-state index in [-0.39, 0.29) is 17.4 Å². The Morgan fingerprint density at radius 2 is 1.93 bits per heavy atom. The number of H-pyrrole nitrogens is 1. The summed E-state index contributed by atoms with van der Waals surface area (Å²) in [5.41, 5.74) is 6.51. The molecular weight excluding hydrogens is 341 g/mol. The molecule has 0 bridgehead atoms. The monoisotopic (exact) mass is 367 g/mol. The van der Waals surface area contributed by atoms with Gasteiger partial charge < -0.3 is 4.98 Å². The summed E-state index contributed by atoms with van der Waals surface area (Å²) in [7, 11) is 0. The Kier molecular flexibility index (Phi) is 5.45. The fourth-order valence-electron chi connectivity index (χ4n) is 4.17. The standard InChI is InChI=1S/C23H26FNO2/c1-5-7-20(27)22(19-12-16(24)11-10-13(19)2)18-9-6-8-17-21(15(4)26)14(3)25-23(17)18/h10-12,25H,5-9H2,1-4H3/b22-18-. The van der Waals surface area contributed by atoms with E-state index in [1.165, 1.54) is 12.1 Å². The number of hydrogen-bond donors (Lipinski definition) is 1. The average molecular weight is 367 g/mol. The van der Waals surface area contributed by atoms with E-state index in [9.17, 15) is 14.0 Å². The summed E-state index contributed by atoms with van der Waals surface area (Å²) in [4.78, 5) is 28.6. The molecule has 2 aromatic rings. The zero-order chi connectivity index (χ0) is 19.7. The summed E-state index contributed by atoms with van der Waals surface area (Å²) < 4.78 is 14.0. The normalized spacial score (nSPS) is 15.4. The summed E-state index contributed by atoms with van der Waals surface area (Å²) in [5, 5.41) is 0. The van der Waals surface area contributed by atoms with Gasteiger partial charge in [-0.2, -0.15) is 0 Å². The fraction of sp³-hybridized carbons (Fsp3) is 0.391. The molecule has 27 heavy (non-hydrogen) atoms. The number of aryl methyl sites for hydroxylation is 2. The number of nitrogens with one attached hydrogen (secondary N) is 1. The molecule has 0 spiro atoms. The molecule has 0 saturated heterocycles. The van der Waals surface area contributed by atoms with Crippen molar-refractivity contribution in [2.24, 2.45) is 0 Å². The molecule has 1 N–H and O–H groups in total. The van der Waals surface area contributed by atoms with Crippen molar-refractivity contribution in [1.82, 2.24) is 4.98 Å². The van der Waals surface area contributed by atoms with Crippen LogP contribution in [-0.2, 0) is 11.2 Å². The minimum Gasteiger partial charge on any atom is -0.358 e. The molecule has 0 saturated carbocycles. The number of aromatic amines is 1. The van der Waals surface area contributed by atoms with E-state index < -0.39 is 0 Å². The van der Waals surface area contributed by atoms with Gasteiger partial charge in [0.2, 0.25) is 0 Å². The Balaban J connectivity index is 2.32. The minimum atomic E-state index is -0.346. The molecule has 4 heteroatoms. The zero-order valence-corrected chi connectivity index (χ0v) is 16.5. The molecule has 1 heterocycles. The van der Waals surface area contributed by atoms with E-state index in [2.05, 4.69) is 4.98 Å². The van der Waals surface area contributed by atoms with Crippen LogP contribution in [0.2, 0.25) is 0 Å². The van der Waals surface area contributed by atoms with Crippen LogP contribution in [-0.4, -0.2) is 16.6 Å². The first kappa shape index (κ1) is 19.3. The Labute approximate surface area is 159 Å². The number of Topliss-reactive ketones (excluding diaryl/α,β-unsaturated/α-hetero) is 2. The predicted molar refractivity (Wildman–Crippen MR) is 106 cm³/mol. The molecule has 0 unspecified atom stereocenters. The third-order valence-corrected chi connectivity index (χ3v) is 5.33. The molecule has 0 amide bonds. The predicted octanol–water partition coefficient (Wildman–Crippen LogP) is 5.59. The molecule has 1 aliphatic carbocycles. The highest BCUT2D eigenvalue weighted by atomic mass is 19.1. The Bertz CT molecular complexity index is 950. The average Bonchev–Trinajstić information content (AvgIpc) is 2.95. The highest BCUT2D eigenvalue weighted by molar-refractivity contribution is 6.28. The van der Waals surface area contributed by atoms with Crippen LogP contribution in [0.1, 0.15) is 78.0 Å². The second-order valence-corrected chi connectivity index (χ2v) is 7.37. The van der Waals surface area contributed by atoms with Crippen molar-refractivity contribution in [3.8, 4) is 0 Å². The molecule has 1 aliphatic rings. The van der Waals surface area contributed by atoms with E-state index >= 15 is 0 Å². The van der Waals surface area contributed by atoms with Crippen LogP contribution in [0.4, 0.5) is 4.39 Å². The molecule has 142 valence electrons. The lowest BCUT2D eigenvalue weighted by Crippen LogP contribution is -2.11. The molecule has 1 aromatic carbocycles. The number of allylic oxidation sites excluding steroid dienone is 2. The highest BCUT2D eigenvalue weighted by Crippen LogP contribution is 2.40. The van der Waals surface area contributed by atoms with Gasteiger partial charge in [0.1, 0.15) is 5.82 Å². The summed E-state index contributed by atoms with van der Waals surface area (Å²) in [6.45, 7) is 7.35.